The van der Waals surface area contributed by atoms with Gasteiger partial charge in [-0.15, -0.1) is 12.4 Å². The first kappa shape index (κ1) is 17.7. The second-order valence-corrected chi connectivity index (χ2v) is 5.91. The molecule has 2 N–H and O–H groups in total. The predicted octanol–water partition coefficient (Wildman–Crippen LogP) is 1.31. The number of carbonyl (C=O) groups is 1. The molecule has 1 unspecified atom stereocenters. The molecule has 2 aliphatic heterocycles. The summed E-state index contributed by atoms with van der Waals surface area (Å²) in [5.41, 5.74) is 0. The van der Waals surface area contributed by atoms with Crippen LogP contribution < -0.4 is 10.6 Å². The summed E-state index contributed by atoms with van der Waals surface area (Å²) in [5, 5.41) is 6.34. The second kappa shape index (κ2) is 8.17. The molecule has 1 amide bonds. The summed E-state index contributed by atoms with van der Waals surface area (Å²) in [4.78, 5) is 12.0. The number of piperidine rings is 1. The topological polar surface area (TPSA) is 59.6 Å². The molecule has 0 aromatic carbocycles. The van der Waals surface area contributed by atoms with Gasteiger partial charge in [0.05, 0.1) is 13.2 Å². The van der Waals surface area contributed by atoms with E-state index in [2.05, 4.69) is 17.6 Å². The fourth-order valence-electron chi connectivity index (χ4n) is 2.88. The molecule has 0 aliphatic carbocycles. The molecule has 20 heavy (non-hydrogen) atoms. The van der Waals surface area contributed by atoms with Crippen molar-refractivity contribution in [3.63, 3.8) is 0 Å². The Labute approximate surface area is 127 Å². The molecule has 0 saturated carbocycles. The molecule has 118 valence electrons. The Morgan fingerprint density at radius 1 is 1.35 bits per heavy atom. The highest BCUT2D eigenvalue weighted by molar-refractivity contribution is 5.85. The van der Waals surface area contributed by atoms with Gasteiger partial charge < -0.3 is 20.1 Å². The van der Waals surface area contributed by atoms with Crippen LogP contribution in [0.3, 0.4) is 0 Å². The van der Waals surface area contributed by atoms with Crippen molar-refractivity contribution in [3.05, 3.63) is 0 Å². The molecule has 1 atom stereocenters. The number of hydrogen-bond donors (Lipinski definition) is 2. The first-order valence-electron chi connectivity index (χ1n) is 7.35. The number of rotatable bonds is 5. The van der Waals surface area contributed by atoms with Gasteiger partial charge in [-0.1, -0.05) is 6.92 Å². The van der Waals surface area contributed by atoms with Crippen LogP contribution in [-0.2, 0) is 14.3 Å². The van der Waals surface area contributed by atoms with Crippen LogP contribution in [0, 0.1) is 11.8 Å². The van der Waals surface area contributed by atoms with Crippen LogP contribution in [0.1, 0.15) is 33.1 Å². The fourth-order valence-corrected chi connectivity index (χ4v) is 2.88. The van der Waals surface area contributed by atoms with Crippen molar-refractivity contribution in [2.75, 3.05) is 32.8 Å². The molecule has 0 bridgehead atoms. The maximum atomic E-state index is 12.0. The molecule has 0 radical (unpaired) electrons. The smallest absolute Gasteiger partial charge is 0.223 e. The normalized spacial score (nSPS) is 23.9. The van der Waals surface area contributed by atoms with E-state index >= 15 is 0 Å². The minimum absolute atomic E-state index is 0. The zero-order valence-electron chi connectivity index (χ0n) is 12.4. The Bertz CT molecular complexity index is 303. The average molecular weight is 307 g/mol. The minimum Gasteiger partial charge on any atom is -0.356 e. The molecule has 2 rings (SSSR count). The summed E-state index contributed by atoms with van der Waals surface area (Å²) in [6.45, 7) is 8.05. The van der Waals surface area contributed by atoms with Crippen LogP contribution in [0.15, 0.2) is 0 Å². The number of hydrogen-bond acceptors (Lipinski definition) is 4. The molecular weight excluding hydrogens is 280 g/mol. The van der Waals surface area contributed by atoms with Gasteiger partial charge in [0.15, 0.2) is 5.79 Å². The summed E-state index contributed by atoms with van der Waals surface area (Å²) in [5.74, 6) is 0.280. The van der Waals surface area contributed by atoms with Gasteiger partial charge in [0, 0.05) is 18.9 Å². The molecule has 0 spiro atoms. The lowest BCUT2D eigenvalue weighted by Gasteiger charge is -2.27. The van der Waals surface area contributed by atoms with Gasteiger partial charge in [-0.05, 0) is 38.8 Å². The van der Waals surface area contributed by atoms with Crippen molar-refractivity contribution in [2.45, 2.75) is 38.9 Å². The van der Waals surface area contributed by atoms with Crippen molar-refractivity contribution < 1.29 is 14.3 Å². The Morgan fingerprint density at radius 2 is 1.95 bits per heavy atom. The van der Waals surface area contributed by atoms with E-state index in [9.17, 15) is 4.79 Å². The molecule has 2 fully saturated rings. The highest BCUT2D eigenvalue weighted by atomic mass is 35.5. The van der Waals surface area contributed by atoms with Gasteiger partial charge in [0.2, 0.25) is 5.91 Å². The third kappa shape index (κ3) is 5.20. The largest absolute Gasteiger partial charge is 0.356 e. The van der Waals surface area contributed by atoms with E-state index in [1.807, 2.05) is 6.92 Å². The van der Waals surface area contributed by atoms with E-state index in [4.69, 9.17) is 9.47 Å². The standard InChI is InChI=1S/C14H26N2O3.ClH/c1-11(9-14(2)18-7-8-19-14)10-16-13(17)12-3-5-15-6-4-12;/h11-12,15H,3-10H2,1-2H3,(H,16,17);1H. The van der Waals surface area contributed by atoms with Gasteiger partial charge in [-0.2, -0.15) is 0 Å². The first-order chi connectivity index (χ1) is 9.09. The monoisotopic (exact) mass is 306 g/mol. The summed E-state index contributed by atoms with van der Waals surface area (Å²) in [6, 6.07) is 0. The van der Waals surface area contributed by atoms with Crippen LogP contribution in [0.4, 0.5) is 0 Å². The van der Waals surface area contributed by atoms with Crippen LogP contribution in [0.2, 0.25) is 0 Å². The number of nitrogens with one attached hydrogen (secondary N) is 2. The molecule has 0 aromatic rings. The highest BCUT2D eigenvalue weighted by Gasteiger charge is 2.32. The molecule has 2 heterocycles. The van der Waals surface area contributed by atoms with E-state index in [1.165, 1.54) is 0 Å². The van der Waals surface area contributed by atoms with Crippen molar-refractivity contribution >= 4 is 18.3 Å². The van der Waals surface area contributed by atoms with Crippen LogP contribution >= 0.6 is 12.4 Å². The zero-order valence-corrected chi connectivity index (χ0v) is 13.3. The van der Waals surface area contributed by atoms with E-state index < -0.39 is 5.79 Å². The Morgan fingerprint density at radius 3 is 2.55 bits per heavy atom. The Hall–Kier alpha value is -0.360. The summed E-state index contributed by atoms with van der Waals surface area (Å²) in [6.07, 6.45) is 2.72. The van der Waals surface area contributed by atoms with Crippen molar-refractivity contribution in [2.24, 2.45) is 11.8 Å². The first-order valence-corrected chi connectivity index (χ1v) is 7.35. The van der Waals surface area contributed by atoms with Gasteiger partial charge in [0.1, 0.15) is 0 Å². The van der Waals surface area contributed by atoms with E-state index in [-0.39, 0.29) is 24.2 Å². The summed E-state index contributed by atoms with van der Waals surface area (Å²) >= 11 is 0. The highest BCUT2D eigenvalue weighted by Crippen LogP contribution is 2.26. The fraction of sp³-hybridized carbons (Fsp3) is 0.929. The predicted molar refractivity (Wildman–Crippen MR) is 79.9 cm³/mol. The van der Waals surface area contributed by atoms with Gasteiger partial charge >= 0.3 is 0 Å². The van der Waals surface area contributed by atoms with E-state index in [0.29, 0.717) is 25.7 Å². The third-order valence-corrected chi connectivity index (χ3v) is 3.95. The SMILES string of the molecule is CC(CNC(=O)C1CCNCC1)CC1(C)OCCO1.Cl. The zero-order chi connectivity index (χ0) is 13.7. The maximum absolute atomic E-state index is 12.0. The van der Waals surface area contributed by atoms with Gasteiger partial charge in [0.25, 0.3) is 0 Å². The quantitative estimate of drug-likeness (QED) is 0.804. The number of halogens is 1. The third-order valence-electron chi connectivity index (χ3n) is 3.95. The molecule has 2 aliphatic rings. The Kier molecular flexibility index (Phi) is 7.23. The second-order valence-electron chi connectivity index (χ2n) is 5.91. The molecule has 0 aromatic heterocycles. The Balaban J connectivity index is 0.00000200. The lowest BCUT2D eigenvalue weighted by Crippen LogP contribution is -2.40. The lowest BCUT2D eigenvalue weighted by atomic mass is 9.96. The summed E-state index contributed by atoms with van der Waals surface area (Å²) in [7, 11) is 0. The van der Waals surface area contributed by atoms with Crippen LogP contribution in [0.25, 0.3) is 0 Å². The number of ether oxygens (including phenoxy) is 2. The van der Waals surface area contributed by atoms with Crippen molar-refractivity contribution in [1.29, 1.82) is 0 Å². The minimum atomic E-state index is -0.459. The number of amides is 1. The van der Waals surface area contributed by atoms with Gasteiger partial charge in [-0.3, -0.25) is 4.79 Å². The van der Waals surface area contributed by atoms with E-state index in [1.54, 1.807) is 0 Å². The van der Waals surface area contributed by atoms with Crippen molar-refractivity contribution in [3.8, 4) is 0 Å². The number of carbonyl (C=O) groups excluding carboxylic acids is 1. The average Bonchev–Trinajstić information content (AvgIpc) is 2.83. The molecule has 2 saturated heterocycles. The van der Waals surface area contributed by atoms with Gasteiger partial charge in [-0.25, -0.2) is 0 Å². The molecule has 5 nitrogen and oxygen atoms in total. The molecular formula is C14H27ClN2O3. The van der Waals surface area contributed by atoms with Crippen LogP contribution in [0.5, 0.6) is 0 Å². The summed E-state index contributed by atoms with van der Waals surface area (Å²) < 4.78 is 11.2. The maximum Gasteiger partial charge on any atom is 0.223 e. The van der Waals surface area contributed by atoms with Crippen molar-refractivity contribution in [1.82, 2.24) is 10.6 Å². The lowest BCUT2D eigenvalue weighted by molar-refractivity contribution is -0.154. The van der Waals surface area contributed by atoms with Crippen LogP contribution in [-0.4, -0.2) is 44.5 Å². The molecule has 6 heteroatoms. The van der Waals surface area contributed by atoms with E-state index in [0.717, 1.165) is 32.4 Å².